The average Bonchev–Trinajstić information content (AvgIpc) is 3.01. The van der Waals surface area contributed by atoms with Gasteiger partial charge < -0.3 is 4.90 Å². The van der Waals surface area contributed by atoms with E-state index in [9.17, 15) is 13.6 Å². The van der Waals surface area contributed by atoms with Gasteiger partial charge in [0, 0.05) is 18.7 Å². The van der Waals surface area contributed by atoms with Gasteiger partial charge in [0.15, 0.2) is 16.8 Å². The minimum atomic E-state index is -1.04. The van der Waals surface area contributed by atoms with E-state index in [2.05, 4.69) is 4.98 Å². The molecule has 2 aromatic carbocycles. The topological polar surface area (TPSA) is 36.4 Å². The van der Waals surface area contributed by atoms with Gasteiger partial charge in [-0.05, 0) is 63.3 Å². The van der Waals surface area contributed by atoms with Crippen LogP contribution in [0.2, 0.25) is 0 Å². The fourth-order valence-electron chi connectivity index (χ4n) is 2.84. The van der Waals surface area contributed by atoms with Crippen molar-refractivity contribution in [3.8, 4) is 0 Å². The molecule has 0 aliphatic rings. The van der Waals surface area contributed by atoms with E-state index in [1.165, 1.54) is 22.3 Å². The van der Waals surface area contributed by atoms with Crippen molar-refractivity contribution in [1.82, 2.24) is 9.88 Å². The Balaban J connectivity index is 0.00000280. The summed E-state index contributed by atoms with van der Waals surface area (Å²) in [5.74, 6) is -2.41. The number of likely N-dealkylation sites (N-methyl/N-ethyl adjacent to an activating group) is 1. The summed E-state index contributed by atoms with van der Waals surface area (Å²) in [4.78, 5) is 21.2. The van der Waals surface area contributed by atoms with Crippen LogP contribution in [-0.2, 0) is 0 Å². The Kier molecular flexibility index (Phi) is 7.09. The van der Waals surface area contributed by atoms with Crippen molar-refractivity contribution in [3.05, 3.63) is 58.7 Å². The number of amides is 1. The summed E-state index contributed by atoms with van der Waals surface area (Å²) in [5.41, 5.74) is 3.12. The van der Waals surface area contributed by atoms with E-state index in [-0.39, 0.29) is 18.0 Å². The second-order valence-electron chi connectivity index (χ2n) is 6.81. The third-order valence-corrected chi connectivity index (χ3v) is 5.26. The quantitative estimate of drug-likeness (QED) is 0.588. The molecule has 1 aromatic heterocycles. The molecule has 150 valence electrons. The summed E-state index contributed by atoms with van der Waals surface area (Å²) >= 11 is 1.42. The molecule has 0 atom stereocenters. The first-order chi connectivity index (χ1) is 12.8. The SMILES string of the molecule is Cc1cc(C)c2nc(N(CCN(C)C)C(=O)c3ccc(F)c(F)c3)sc2c1.Cl. The van der Waals surface area contributed by atoms with Gasteiger partial charge in [-0.3, -0.25) is 9.69 Å². The number of halogens is 3. The van der Waals surface area contributed by atoms with Crippen molar-refractivity contribution in [1.29, 1.82) is 0 Å². The van der Waals surface area contributed by atoms with Crippen LogP contribution in [0.15, 0.2) is 30.3 Å². The van der Waals surface area contributed by atoms with Gasteiger partial charge in [0.1, 0.15) is 0 Å². The summed E-state index contributed by atoms with van der Waals surface area (Å²) in [6.45, 7) is 5.01. The third kappa shape index (κ3) is 4.66. The van der Waals surface area contributed by atoms with Crippen LogP contribution >= 0.6 is 23.7 Å². The van der Waals surface area contributed by atoms with Gasteiger partial charge in [-0.25, -0.2) is 13.8 Å². The number of hydrogen-bond acceptors (Lipinski definition) is 4. The number of fused-ring (bicyclic) bond motifs is 1. The zero-order valence-electron chi connectivity index (χ0n) is 16.1. The first kappa shape index (κ1) is 22.2. The van der Waals surface area contributed by atoms with Gasteiger partial charge >= 0.3 is 0 Å². The average molecular weight is 426 g/mol. The molecule has 1 heterocycles. The maximum absolute atomic E-state index is 13.6. The Morgan fingerprint density at radius 1 is 1.07 bits per heavy atom. The molecule has 3 rings (SSSR count). The van der Waals surface area contributed by atoms with Gasteiger partial charge in [-0.15, -0.1) is 12.4 Å². The van der Waals surface area contributed by atoms with Crippen molar-refractivity contribution in [2.75, 3.05) is 32.1 Å². The van der Waals surface area contributed by atoms with Crippen molar-refractivity contribution in [3.63, 3.8) is 0 Å². The van der Waals surface area contributed by atoms with Gasteiger partial charge in [0.2, 0.25) is 0 Å². The maximum atomic E-state index is 13.6. The largest absolute Gasteiger partial charge is 0.308 e. The van der Waals surface area contributed by atoms with Crippen LogP contribution in [-0.4, -0.2) is 43.0 Å². The first-order valence-corrected chi connectivity index (χ1v) is 9.37. The molecule has 0 aliphatic carbocycles. The molecule has 3 aromatic rings. The van der Waals surface area contributed by atoms with Crippen molar-refractivity contribution in [2.24, 2.45) is 0 Å². The van der Waals surface area contributed by atoms with Gasteiger partial charge in [0.25, 0.3) is 5.91 Å². The van der Waals surface area contributed by atoms with Gasteiger partial charge in [-0.2, -0.15) is 0 Å². The number of carbonyl (C=O) groups excluding carboxylic acids is 1. The molecule has 0 spiro atoms. The van der Waals surface area contributed by atoms with Crippen LogP contribution in [0.1, 0.15) is 21.5 Å². The Hall–Kier alpha value is -2.09. The molecule has 0 unspecified atom stereocenters. The lowest BCUT2D eigenvalue weighted by molar-refractivity contribution is 0.0984. The summed E-state index contributed by atoms with van der Waals surface area (Å²) in [6, 6.07) is 7.29. The van der Waals surface area contributed by atoms with E-state index in [1.54, 1.807) is 0 Å². The zero-order valence-corrected chi connectivity index (χ0v) is 17.8. The number of hydrogen-bond donors (Lipinski definition) is 0. The number of benzene rings is 2. The summed E-state index contributed by atoms with van der Waals surface area (Å²) < 4.78 is 27.9. The van der Waals surface area contributed by atoms with E-state index in [4.69, 9.17) is 0 Å². The minimum Gasteiger partial charge on any atom is -0.308 e. The molecule has 0 saturated carbocycles. The normalized spacial score (nSPS) is 11.0. The summed E-state index contributed by atoms with van der Waals surface area (Å²) in [5, 5.41) is 0.551. The molecule has 0 saturated heterocycles. The number of anilines is 1. The van der Waals surface area contributed by atoms with Crippen LogP contribution in [0.5, 0.6) is 0 Å². The highest BCUT2D eigenvalue weighted by atomic mass is 35.5. The second-order valence-corrected chi connectivity index (χ2v) is 7.82. The van der Waals surface area contributed by atoms with Crippen LogP contribution in [0.4, 0.5) is 13.9 Å². The third-order valence-electron chi connectivity index (χ3n) is 4.23. The number of nitrogens with zero attached hydrogens (tertiary/aromatic N) is 3. The predicted octanol–water partition coefficient (Wildman–Crippen LogP) is 4.82. The Morgan fingerprint density at radius 2 is 1.79 bits per heavy atom. The predicted molar refractivity (Wildman–Crippen MR) is 113 cm³/mol. The zero-order chi connectivity index (χ0) is 19.7. The smallest absolute Gasteiger partial charge is 0.260 e. The van der Waals surface area contributed by atoms with Crippen molar-refractivity contribution in [2.45, 2.75) is 13.8 Å². The number of aromatic nitrogens is 1. The lowest BCUT2D eigenvalue weighted by atomic mass is 10.1. The van der Waals surface area contributed by atoms with E-state index in [1.807, 2.05) is 45.0 Å². The maximum Gasteiger partial charge on any atom is 0.260 e. The minimum absolute atomic E-state index is 0. The fraction of sp³-hybridized carbons (Fsp3) is 0.300. The Morgan fingerprint density at radius 3 is 2.43 bits per heavy atom. The molecule has 0 fully saturated rings. The van der Waals surface area contributed by atoms with Crippen LogP contribution in [0.3, 0.4) is 0 Å². The van der Waals surface area contributed by atoms with E-state index >= 15 is 0 Å². The van der Waals surface area contributed by atoms with Crippen molar-refractivity contribution >= 4 is 45.0 Å². The van der Waals surface area contributed by atoms with Gasteiger partial charge in [0.05, 0.1) is 10.2 Å². The van der Waals surface area contributed by atoms with Crippen LogP contribution in [0.25, 0.3) is 10.2 Å². The van der Waals surface area contributed by atoms with E-state index < -0.39 is 17.5 Å². The van der Waals surface area contributed by atoms with Crippen LogP contribution in [0, 0.1) is 25.5 Å². The highest BCUT2D eigenvalue weighted by Crippen LogP contribution is 2.32. The fourth-order valence-corrected chi connectivity index (χ4v) is 4.01. The molecule has 0 bridgehead atoms. The highest BCUT2D eigenvalue weighted by Gasteiger charge is 2.23. The molecule has 0 aliphatic heterocycles. The van der Waals surface area contributed by atoms with E-state index in [0.717, 1.165) is 33.5 Å². The van der Waals surface area contributed by atoms with Crippen molar-refractivity contribution < 1.29 is 13.6 Å². The van der Waals surface area contributed by atoms with Gasteiger partial charge in [-0.1, -0.05) is 17.4 Å². The molecule has 0 radical (unpaired) electrons. The first-order valence-electron chi connectivity index (χ1n) is 8.55. The lowest BCUT2D eigenvalue weighted by Gasteiger charge is -2.22. The monoisotopic (exact) mass is 425 g/mol. The number of rotatable bonds is 5. The highest BCUT2D eigenvalue weighted by molar-refractivity contribution is 7.22. The number of thiazole rings is 1. The lowest BCUT2D eigenvalue weighted by Crippen LogP contribution is -2.36. The molecule has 0 N–H and O–H groups in total. The summed E-state index contributed by atoms with van der Waals surface area (Å²) in [6.07, 6.45) is 0. The molecular weight excluding hydrogens is 404 g/mol. The second kappa shape index (κ2) is 8.94. The Bertz CT molecular complexity index is 1010. The standard InChI is InChI=1S/C20H21F2N3OS.ClH/c1-12-9-13(2)18-17(10-12)27-20(23-18)25(8-7-24(3)4)19(26)14-5-6-15(21)16(22)11-14;/h5-6,9-11H,7-8H2,1-4H3;1H. The molecule has 1 amide bonds. The molecular formula is C20H22ClF2N3OS. The summed E-state index contributed by atoms with van der Waals surface area (Å²) in [7, 11) is 3.82. The molecule has 28 heavy (non-hydrogen) atoms. The Labute approximate surface area is 173 Å². The van der Waals surface area contributed by atoms with Crippen LogP contribution < -0.4 is 4.90 Å². The number of carbonyl (C=O) groups is 1. The van der Waals surface area contributed by atoms with E-state index in [0.29, 0.717) is 18.2 Å². The molecule has 8 heteroatoms. The number of aryl methyl sites for hydroxylation is 2. The molecule has 4 nitrogen and oxygen atoms in total.